The lowest BCUT2D eigenvalue weighted by molar-refractivity contribution is -0.262. The molecule has 0 bridgehead atoms. The number of halogens is 2. The molecule has 1 aliphatic heterocycles. The Morgan fingerprint density at radius 1 is 0.948 bits per heavy atom. The number of aromatic hydroxyl groups is 2. The highest BCUT2D eigenvalue weighted by molar-refractivity contribution is 5.88. The van der Waals surface area contributed by atoms with Gasteiger partial charge in [-0.2, -0.15) is 0 Å². The Kier molecular flexibility index (Phi) is 13.6. The lowest BCUT2D eigenvalue weighted by Crippen LogP contribution is -2.78. The number of hydroxylamine groups is 1. The first kappa shape index (κ1) is 43.3. The van der Waals surface area contributed by atoms with E-state index in [-0.39, 0.29) is 19.0 Å². The topological polar surface area (TPSA) is 189 Å². The minimum absolute atomic E-state index is 0.0934. The van der Waals surface area contributed by atoms with E-state index >= 15 is 8.78 Å². The summed E-state index contributed by atoms with van der Waals surface area (Å²) < 4.78 is 52.2. The van der Waals surface area contributed by atoms with Crippen LogP contribution in [-0.4, -0.2) is 66.6 Å². The predicted molar refractivity (Wildman–Crippen MR) is 205 cm³/mol. The molecular weight excluding hydrogens is 758 g/mol. The number of hydrogen-bond acceptors (Lipinski definition) is 13. The highest BCUT2D eigenvalue weighted by atomic mass is 19.3. The molecule has 1 amide bonds. The number of alkyl carbamates (subject to hydrolysis) is 1. The van der Waals surface area contributed by atoms with Gasteiger partial charge in [0.1, 0.15) is 31.6 Å². The second-order valence-electron chi connectivity index (χ2n) is 14.7. The fourth-order valence-corrected chi connectivity index (χ4v) is 6.80. The standard InChI is InChI=1S/C42H48F2N4O10/c1-26(2)41(46-39(53)57-24-30-15-10-7-11-16-30)37(51)58-47-28(5)21-40(43,44)36(33-19-32(20-34(49)35(33)50)55-23-29-13-8-6-9-14-29)48(41)42(54,27(3)4)38(52)56-25-31-17-12-18-45-22-31/h6-20,22,26-28,36,47,49-50,54H,21,23-25H2,1-5H3,(H,46,53)/t28?,36?,41-,42-/m0/s1. The Balaban J connectivity index is 1.78. The summed E-state index contributed by atoms with van der Waals surface area (Å²) in [6.07, 6.45) is 0.400. The van der Waals surface area contributed by atoms with Gasteiger partial charge >= 0.3 is 18.0 Å². The SMILES string of the molecule is CC1CC(F)(F)C(c2cc(OCc3ccccc3)cc(O)c2O)N([C@@](O)(C(=O)OCc2cccnc2)C(C)C)[C@@](NC(=O)OCc2ccccc2)(C(C)C)C(=O)ON1. The molecule has 5 rings (SSSR count). The van der Waals surface area contributed by atoms with Gasteiger partial charge in [0.05, 0.1) is 0 Å². The number of amides is 1. The maximum absolute atomic E-state index is 17.6. The van der Waals surface area contributed by atoms with Crippen molar-refractivity contribution in [1.29, 1.82) is 0 Å². The number of carbonyl (C=O) groups excluding carboxylic acids is 3. The highest BCUT2D eigenvalue weighted by Crippen LogP contribution is 2.53. The van der Waals surface area contributed by atoms with Gasteiger partial charge in [-0.1, -0.05) is 94.4 Å². The minimum atomic E-state index is -4.15. The van der Waals surface area contributed by atoms with Gasteiger partial charge in [-0.15, -0.1) is 5.48 Å². The number of phenolic OH excluding ortho intramolecular Hbond substituents is 2. The third-order valence-corrected chi connectivity index (χ3v) is 9.82. The molecule has 5 N–H and O–H groups in total. The zero-order valence-corrected chi connectivity index (χ0v) is 32.7. The molecule has 2 heterocycles. The van der Waals surface area contributed by atoms with E-state index < -0.39 is 89.4 Å². The number of aromatic nitrogens is 1. The first-order valence-corrected chi connectivity index (χ1v) is 18.6. The Hall–Kier alpha value is -5.84. The number of nitrogens with zero attached hydrogens (tertiary/aromatic N) is 2. The van der Waals surface area contributed by atoms with Crippen molar-refractivity contribution in [2.24, 2.45) is 11.8 Å². The van der Waals surface area contributed by atoms with Crippen LogP contribution >= 0.6 is 0 Å². The van der Waals surface area contributed by atoms with Crippen molar-refractivity contribution in [3.8, 4) is 17.2 Å². The van der Waals surface area contributed by atoms with Crippen molar-refractivity contribution in [3.05, 3.63) is 120 Å². The number of alkyl halides is 2. The molecule has 1 aromatic heterocycles. The summed E-state index contributed by atoms with van der Waals surface area (Å²) in [4.78, 5) is 53.1. The van der Waals surface area contributed by atoms with Gasteiger partial charge in [-0.3, -0.25) is 10.3 Å². The molecule has 3 aromatic carbocycles. The van der Waals surface area contributed by atoms with E-state index in [4.69, 9.17) is 19.0 Å². The molecule has 0 aliphatic carbocycles. The molecule has 2 unspecified atom stereocenters. The first-order chi connectivity index (χ1) is 27.5. The normalized spacial score (nSPS) is 20.8. The summed E-state index contributed by atoms with van der Waals surface area (Å²) in [5, 5.41) is 38.1. The van der Waals surface area contributed by atoms with Crippen molar-refractivity contribution in [3.63, 3.8) is 0 Å². The van der Waals surface area contributed by atoms with Crippen molar-refractivity contribution in [2.45, 2.75) is 90.3 Å². The van der Waals surface area contributed by atoms with Crippen LogP contribution in [0.4, 0.5) is 13.6 Å². The van der Waals surface area contributed by atoms with E-state index in [2.05, 4.69) is 15.8 Å². The molecule has 4 aromatic rings. The molecule has 310 valence electrons. The zero-order valence-electron chi connectivity index (χ0n) is 32.7. The van der Waals surface area contributed by atoms with Crippen LogP contribution in [0.2, 0.25) is 0 Å². The Morgan fingerprint density at radius 2 is 1.55 bits per heavy atom. The Morgan fingerprint density at radius 3 is 2.14 bits per heavy atom. The molecule has 58 heavy (non-hydrogen) atoms. The molecule has 1 aliphatic rings. The van der Waals surface area contributed by atoms with Crippen LogP contribution in [0.15, 0.2) is 97.3 Å². The van der Waals surface area contributed by atoms with Gasteiger partial charge in [0.25, 0.3) is 5.92 Å². The fraction of sp³-hybridized carbons (Fsp3) is 0.381. The van der Waals surface area contributed by atoms with Crippen molar-refractivity contribution < 1.29 is 57.5 Å². The Labute approximate surface area is 334 Å². The van der Waals surface area contributed by atoms with Crippen molar-refractivity contribution >= 4 is 18.0 Å². The lowest BCUT2D eigenvalue weighted by Gasteiger charge is -2.55. The van der Waals surface area contributed by atoms with E-state index in [0.29, 0.717) is 21.6 Å². The third-order valence-electron chi connectivity index (χ3n) is 9.82. The predicted octanol–water partition coefficient (Wildman–Crippen LogP) is 6.26. The molecule has 4 atom stereocenters. The first-order valence-electron chi connectivity index (χ1n) is 18.6. The molecule has 1 saturated heterocycles. The number of pyridine rings is 1. The maximum Gasteiger partial charge on any atom is 0.409 e. The zero-order chi connectivity index (χ0) is 42.3. The van der Waals surface area contributed by atoms with Crippen LogP contribution in [-0.2, 0) is 43.7 Å². The van der Waals surface area contributed by atoms with Crippen molar-refractivity contribution in [1.82, 2.24) is 20.7 Å². The van der Waals surface area contributed by atoms with E-state index in [1.165, 1.54) is 47.0 Å². The summed E-state index contributed by atoms with van der Waals surface area (Å²) in [7, 11) is 0. The average Bonchev–Trinajstić information content (AvgIpc) is 3.23. The van der Waals surface area contributed by atoms with E-state index in [0.717, 1.165) is 12.1 Å². The van der Waals surface area contributed by atoms with Gasteiger partial charge in [0, 0.05) is 53.9 Å². The van der Waals surface area contributed by atoms with E-state index in [1.807, 2.05) is 0 Å². The maximum atomic E-state index is 17.6. The van der Waals surface area contributed by atoms with E-state index in [1.54, 1.807) is 72.8 Å². The fourth-order valence-electron chi connectivity index (χ4n) is 6.80. The number of phenols is 2. The summed E-state index contributed by atoms with van der Waals surface area (Å²) in [5.41, 5.74) is -3.09. The second kappa shape index (κ2) is 18.2. The minimum Gasteiger partial charge on any atom is -0.504 e. The van der Waals surface area contributed by atoms with Gasteiger partial charge in [0.2, 0.25) is 11.4 Å². The number of carbonyl (C=O) groups is 3. The van der Waals surface area contributed by atoms with Crippen LogP contribution in [0.25, 0.3) is 0 Å². The second-order valence-corrected chi connectivity index (χ2v) is 14.7. The Bertz CT molecular complexity index is 2030. The summed E-state index contributed by atoms with van der Waals surface area (Å²) >= 11 is 0. The third kappa shape index (κ3) is 9.30. The monoisotopic (exact) mass is 806 g/mol. The molecule has 0 spiro atoms. The van der Waals surface area contributed by atoms with Crippen LogP contribution in [0.5, 0.6) is 17.2 Å². The van der Waals surface area contributed by atoms with Gasteiger partial charge in [0.15, 0.2) is 11.5 Å². The smallest absolute Gasteiger partial charge is 0.409 e. The van der Waals surface area contributed by atoms with Gasteiger partial charge in [-0.05, 0) is 30.2 Å². The molecule has 14 nitrogen and oxygen atoms in total. The lowest BCUT2D eigenvalue weighted by atomic mass is 9.81. The average molecular weight is 807 g/mol. The summed E-state index contributed by atoms with van der Waals surface area (Å²) in [6.45, 7) is 5.73. The number of ether oxygens (including phenoxy) is 3. The van der Waals surface area contributed by atoms with Crippen LogP contribution in [0.1, 0.15) is 69.3 Å². The number of hydrogen-bond donors (Lipinski definition) is 5. The molecular formula is C42H48F2N4O10. The van der Waals surface area contributed by atoms with Crippen molar-refractivity contribution in [2.75, 3.05) is 0 Å². The number of aliphatic hydroxyl groups is 1. The van der Waals surface area contributed by atoms with Gasteiger partial charge < -0.3 is 34.4 Å². The number of nitrogens with one attached hydrogen (secondary N) is 2. The number of esters is 1. The molecule has 0 saturated carbocycles. The quantitative estimate of drug-likeness (QED) is 0.0580. The highest BCUT2D eigenvalue weighted by Gasteiger charge is 2.68. The van der Waals surface area contributed by atoms with E-state index in [9.17, 15) is 29.7 Å². The summed E-state index contributed by atoms with van der Waals surface area (Å²) in [6, 6.07) is 18.4. The van der Waals surface area contributed by atoms with Gasteiger partial charge in [-0.25, -0.2) is 28.1 Å². The molecule has 16 heteroatoms. The largest absolute Gasteiger partial charge is 0.504 e. The summed E-state index contributed by atoms with van der Waals surface area (Å²) in [5.74, 6) is -12.0. The van der Waals surface area contributed by atoms with Crippen LogP contribution in [0.3, 0.4) is 0 Å². The number of benzene rings is 3. The van der Waals surface area contributed by atoms with Crippen LogP contribution < -0.4 is 15.5 Å². The molecule has 0 radical (unpaired) electrons. The molecule has 1 fully saturated rings. The van der Waals surface area contributed by atoms with Crippen LogP contribution in [0, 0.1) is 11.8 Å². The number of rotatable bonds is 13.